The van der Waals surface area contributed by atoms with Crippen LogP contribution in [0.5, 0.6) is 0 Å². The summed E-state index contributed by atoms with van der Waals surface area (Å²) < 4.78 is 57.9. The maximum atomic E-state index is 13.7. The standard InChI is InChI=1S/C30H40F4N6O/c1-4-35-30(36-13-21-41-20-12-27(32)29(34)22-28(33)23(2)31)37-24-7-9-26(10-8-24)39-14-5-6-25(11-15-39)40-18-16-38(3)17-19-40/h4,7-10,13,22,25H,1-2,5-6,11-12,14-21H2,3H3,(H,35,37)/b28-22+,29-27-,36-13-. The Balaban J connectivity index is 1.45. The van der Waals surface area contributed by atoms with Crippen LogP contribution in [0.15, 0.2) is 83.0 Å². The second kappa shape index (κ2) is 16.9. The van der Waals surface area contributed by atoms with Crippen LogP contribution >= 0.6 is 0 Å². The molecule has 224 valence electrons. The molecule has 0 aromatic heterocycles. The minimum absolute atomic E-state index is 0.00124. The highest BCUT2D eigenvalue weighted by Crippen LogP contribution is 2.24. The number of allylic oxidation sites excluding steroid dienone is 4. The smallest absolute Gasteiger partial charge is 0.226 e. The number of hydrogen-bond acceptors (Lipinski definition) is 5. The third-order valence-electron chi connectivity index (χ3n) is 7.10. The zero-order valence-corrected chi connectivity index (χ0v) is 23.7. The summed E-state index contributed by atoms with van der Waals surface area (Å²) in [6, 6.07) is 8.77. The normalized spacial score (nSPS) is 20.6. The fraction of sp³-hybridized carbons (Fsp3) is 0.467. The zero-order chi connectivity index (χ0) is 29.6. The first-order valence-electron chi connectivity index (χ1n) is 13.9. The lowest BCUT2D eigenvalue weighted by molar-refractivity contribution is 0.105. The number of halogens is 4. The van der Waals surface area contributed by atoms with Crippen molar-refractivity contribution in [2.45, 2.75) is 31.7 Å². The van der Waals surface area contributed by atoms with E-state index >= 15 is 0 Å². The Bertz CT molecular complexity index is 1130. The first-order valence-corrected chi connectivity index (χ1v) is 13.9. The molecule has 3 rings (SSSR count). The maximum Gasteiger partial charge on any atom is 0.226 e. The van der Waals surface area contributed by atoms with E-state index in [1.165, 1.54) is 37.4 Å². The molecule has 2 heterocycles. The molecule has 0 aliphatic carbocycles. The van der Waals surface area contributed by atoms with Crippen LogP contribution in [0.4, 0.5) is 28.9 Å². The van der Waals surface area contributed by atoms with E-state index < -0.39 is 29.7 Å². The highest BCUT2D eigenvalue weighted by molar-refractivity contribution is 5.98. The van der Waals surface area contributed by atoms with Gasteiger partial charge in [0, 0.05) is 81.6 Å². The number of nitrogens with zero attached hydrogens (tertiary/aromatic N) is 5. The first-order chi connectivity index (χ1) is 19.8. The van der Waals surface area contributed by atoms with Crippen LogP contribution in [0.3, 0.4) is 0 Å². The van der Waals surface area contributed by atoms with Crippen LogP contribution in [-0.2, 0) is 4.74 Å². The number of piperazine rings is 1. The second-order valence-electron chi connectivity index (χ2n) is 10.0. The fourth-order valence-corrected chi connectivity index (χ4v) is 4.77. The predicted molar refractivity (Wildman–Crippen MR) is 159 cm³/mol. The lowest BCUT2D eigenvalue weighted by Crippen LogP contribution is -2.49. The van der Waals surface area contributed by atoms with Crippen molar-refractivity contribution in [1.29, 1.82) is 0 Å². The number of nitrogens with one attached hydrogen (secondary N) is 1. The Morgan fingerprint density at radius 1 is 1.05 bits per heavy atom. The molecule has 0 saturated carbocycles. The third kappa shape index (κ3) is 10.9. The SMILES string of the molecule is C=C/N=C(\N=C/COCC/C(F)=C(F)\C=C(\F)C(=C)F)Nc1ccc(N2CCCC(N3CCN(C)CC3)CC2)cc1. The number of hydrogen-bond donors (Lipinski definition) is 1. The predicted octanol–water partition coefficient (Wildman–Crippen LogP) is 6.17. The van der Waals surface area contributed by atoms with Gasteiger partial charge in [-0.1, -0.05) is 13.2 Å². The molecule has 1 unspecified atom stereocenters. The summed E-state index contributed by atoms with van der Waals surface area (Å²) in [5.74, 6) is -5.54. The van der Waals surface area contributed by atoms with E-state index in [-0.39, 0.29) is 25.2 Å². The molecule has 1 aromatic rings. The van der Waals surface area contributed by atoms with E-state index in [0.29, 0.717) is 6.04 Å². The molecule has 1 N–H and O–H groups in total. The molecule has 2 fully saturated rings. The van der Waals surface area contributed by atoms with Gasteiger partial charge in [0.1, 0.15) is 5.83 Å². The van der Waals surface area contributed by atoms with Gasteiger partial charge in [0.15, 0.2) is 17.5 Å². The average molecular weight is 577 g/mol. The molecule has 2 saturated heterocycles. The van der Waals surface area contributed by atoms with Gasteiger partial charge in [-0.2, -0.15) is 0 Å². The molecule has 0 radical (unpaired) electrons. The summed E-state index contributed by atoms with van der Waals surface area (Å²) in [5, 5.41) is 3.13. The molecule has 0 bridgehead atoms. The van der Waals surface area contributed by atoms with Gasteiger partial charge in [0.2, 0.25) is 5.96 Å². The Labute approximate surface area is 240 Å². The molecule has 2 aliphatic heterocycles. The van der Waals surface area contributed by atoms with Gasteiger partial charge >= 0.3 is 0 Å². The molecule has 7 nitrogen and oxygen atoms in total. The number of anilines is 2. The van der Waals surface area contributed by atoms with Gasteiger partial charge in [0.25, 0.3) is 0 Å². The number of likely N-dealkylation sites (N-methyl/N-ethyl adjacent to an activating group) is 1. The minimum atomic E-state index is -1.57. The fourth-order valence-electron chi connectivity index (χ4n) is 4.77. The number of guanidine groups is 1. The van der Waals surface area contributed by atoms with Crippen LogP contribution in [0.1, 0.15) is 25.7 Å². The third-order valence-corrected chi connectivity index (χ3v) is 7.10. The van der Waals surface area contributed by atoms with Crippen LogP contribution in [0.2, 0.25) is 0 Å². The van der Waals surface area contributed by atoms with Crippen LogP contribution in [0, 0.1) is 0 Å². The highest BCUT2D eigenvalue weighted by Gasteiger charge is 2.25. The van der Waals surface area contributed by atoms with Crippen molar-refractivity contribution in [3.63, 3.8) is 0 Å². The summed E-state index contributed by atoms with van der Waals surface area (Å²) >= 11 is 0. The van der Waals surface area contributed by atoms with E-state index in [0.717, 1.165) is 45.0 Å². The summed E-state index contributed by atoms with van der Waals surface area (Å²) in [4.78, 5) is 15.8. The lowest BCUT2D eigenvalue weighted by atomic mass is 10.1. The van der Waals surface area contributed by atoms with E-state index in [1.807, 2.05) is 12.1 Å². The Hall–Kier alpha value is -3.28. The summed E-state index contributed by atoms with van der Waals surface area (Å²) in [7, 11) is 2.19. The molecular formula is C30H40F4N6O. The Morgan fingerprint density at radius 3 is 2.46 bits per heavy atom. The first kappa shape index (κ1) is 32.2. The van der Waals surface area contributed by atoms with Crippen LogP contribution in [-0.4, -0.2) is 87.5 Å². The monoisotopic (exact) mass is 576 g/mol. The topological polar surface area (TPSA) is 55.7 Å². The Kier molecular flexibility index (Phi) is 13.3. The quantitative estimate of drug-likeness (QED) is 0.112. The van der Waals surface area contributed by atoms with Crippen molar-refractivity contribution in [2.75, 3.05) is 69.7 Å². The van der Waals surface area contributed by atoms with Crippen molar-refractivity contribution < 1.29 is 22.3 Å². The van der Waals surface area contributed by atoms with Gasteiger partial charge in [-0.15, -0.1) is 0 Å². The van der Waals surface area contributed by atoms with E-state index in [2.05, 4.69) is 62.3 Å². The van der Waals surface area contributed by atoms with Gasteiger partial charge < -0.3 is 19.9 Å². The number of rotatable bonds is 11. The summed E-state index contributed by atoms with van der Waals surface area (Å²) in [6.45, 7) is 12.8. The zero-order valence-electron chi connectivity index (χ0n) is 23.7. The van der Waals surface area contributed by atoms with Crippen LogP contribution in [0.25, 0.3) is 0 Å². The Morgan fingerprint density at radius 2 is 1.78 bits per heavy atom. The molecular weight excluding hydrogens is 536 g/mol. The molecule has 0 spiro atoms. The van der Waals surface area contributed by atoms with E-state index in [9.17, 15) is 17.6 Å². The number of ether oxygens (including phenoxy) is 1. The van der Waals surface area contributed by atoms with E-state index in [1.54, 1.807) is 0 Å². The van der Waals surface area contributed by atoms with Crippen molar-refractivity contribution in [1.82, 2.24) is 9.80 Å². The number of benzene rings is 1. The summed E-state index contributed by atoms with van der Waals surface area (Å²) in [6.07, 6.45) is 6.00. The van der Waals surface area contributed by atoms with Crippen molar-refractivity contribution in [3.05, 3.63) is 73.0 Å². The largest absolute Gasteiger partial charge is 0.375 e. The molecule has 0 amide bonds. The minimum Gasteiger partial charge on any atom is -0.375 e. The average Bonchev–Trinajstić information content (AvgIpc) is 3.22. The highest BCUT2D eigenvalue weighted by atomic mass is 19.2. The van der Waals surface area contributed by atoms with Crippen molar-refractivity contribution in [3.8, 4) is 0 Å². The van der Waals surface area contributed by atoms with Crippen molar-refractivity contribution in [2.24, 2.45) is 9.98 Å². The van der Waals surface area contributed by atoms with Gasteiger partial charge in [-0.25, -0.2) is 27.5 Å². The molecule has 41 heavy (non-hydrogen) atoms. The second-order valence-corrected chi connectivity index (χ2v) is 10.0. The lowest BCUT2D eigenvalue weighted by Gasteiger charge is -2.37. The van der Waals surface area contributed by atoms with Crippen LogP contribution < -0.4 is 10.2 Å². The van der Waals surface area contributed by atoms with E-state index in [4.69, 9.17) is 4.74 Å². The maximum absolute atomic E-state index is 13.7. The van der Waals surface area contributed by atoms with Crippen molar-refractivity contribution >= 4 is 23.5 Å². The van der Waals surface area contributed by atoms with Gasteiger partial charge in [-0.3, -0.25) is 4.90 Å². The van der Waals surface area contributed by atoms with Gasteiger partial charge in [0.05, 0.1) is 13.2 Å². The molecule has 11 heteroatoms. The molecule has 1 atom stereocenters. The van der Waals surface area contributed by atoms with Gasteiger partial charge in [-0.05, 0) is 50.6 Å². The molecule has 1 aromatic carbocycles. The number of aliphatic imine (C=N–C) groups is 2. The molecule has 2 aliphatic rings. The summed E-state index contributed by atoms with van der Waals surface area (Å²) in [5.41, 5.74) is 1.98.